The van der Waals surface area contributed by atoms with Gasteiger partial charge in [0.25, 0.3) is 0 Å². The summed E-state index contributed by atoms with van der Waals surface area (Å²) in [5.41, 5.74) is 1.27. The molecule has 0 aliphatic heterocycles. The van der Waals surface area contributed by atoms with E-state index in [2.05, 4.69) is 0 Å². The molecule has 0 spiro atoms. The van der Waals surface area contributed by atoms with Crippen LogP contribution in [0.5, 0.6) is 0 Å². The van der Waals surface area contributed by atoms with Crippen LogP contribution in [0.1, 0.15) is 21.5 Å². The number of carbonyl (C=O) groups excluding carboxylic acids is 2. The minimum absolute atomic E-state index is 0.000605. The van der Waals surface area contributed by atoms with Gasteiger partial charge >= 0.3 is 0 Å². The highest BCUT2D eigenvalue weighted by Gasteiger charge is 2.25. The Labute approximate surface area is 145 Å². The molecule has 0 amide bonds. The van der Waals surface area contributed by atoms with Crippen LogP contribution in [0.2, 0.25) is 0 Å². The third-order valence-electron chi connectivity index (χ3n) is 3.82. The maximum absolute atomic E-state index is 12.9. The van der Waals surface area contributed by atoms with Crippen LogP contribution in [0.4, 0.5) is 0 Å². The first-order valence-corrected chi connectivity index (χ1v) is 7.86. The third-order valence-corrected chi connectivity index (χ3v) is 3.82. The Kier molecular flexibility index (Phi) is 4.86. The van der Waals surface area contributed by atoms with Crippen LogP contribution < -0.4 is 0 Å². The Balaban J connectivity index is 2.13. The summed E-state index contributed by atoms with van der Waals surface area (Å²) in [6.45, 7) is 0. The van der Waals surface area contributed by atoms with Crippen molar-refractivity contribution in [3.05, 3.63) is 108 Å². The monoisotopic (exact) mass is 328 g/mol. The van der Waals surface area contributed by atoms with Crippen LogP contribution in [0, 0.1) is 0 Å². The van der Waals surface area contributed by atoms with E-state index in [9.17, 15) is 14.7 Å². The summed E-state index contributed by atoms with van der Waals surface area (Å²) in [5.74, 6) is -1.60. The van der Waals surface area contributed by atoms with E-state index in [1.807, 2.05) is 12.1 Å². The lowest BCUT2D eigenvalue weighted by molar-refractivity contribution is -0.110. The summed E-state index contributed by atoms with van der Waals surface area (Å²) >= 11 is 0. The van der Waals surface area contributed by atoms with Crippen LogP contribution in [0.15, 0.2) is 91.0 Å². The molecule has 0 heterocycles. The second kappa shape index (κ2) is 7.41. The lowest BCUT2D eigenvalue weighted by Gasteiger charge is -2.10. The van der Waals surface area contributed by atoms with Crippen molar-refractivity contribution in [3.8, 4) is 0 Å². The molecule has 3 heteroatoms. The number of allylic oxidation sites excluding steroid dienone is 1. The van der Waals surface area contributed by atoms with Gasteiger partial charge in [-0.2, -0.15) is 0 Å². The van der Waals surface area contributed by atoms with E-state index in [1.165, 1.54) is 0 Å². The van der Waals surface area contributed by atoms with Gasteiger partial charge in [-0.15, -0.1) is 0 Å². The summed E-state index contributed by atoms with van der Waals surface area (Å²) in [4.78, 5) is 25.5. The molecule has 1 N–H and O–H groups in total. The molecular formula is C22H16O3. The lowest BCUT2D eigenvalue weighted by atomic mass is 9.93. The Hall–Kier alpha value is -3.46. The number of Topliss-reactive ketones (excluding diaryl/α,β-unsaturated/α-hetero) is 2. The second-order valence-corrected chi connectivity index (χ2v) is 5.48. The van der Waals surface area contributed by atoms with Crippen molar-refractivity contribution >= 4 is 22.9 Å². The van der Waals surface area contributed by atoms with E-state index in [0.29, 0.717) is 16.7 Å². The highest BCUT2D eigenvalue weighted by atomic mass is 16.3. The molecule has 3 aromatic carbocycles. The summed E-state index contributed by atoms with van der Waals surface area (Å²) < 4.78 is 0. The molecular weight excluding hydrogens is 312 g/mol. The Morgan fingerprint density at radius 2 is 0.960 bits per heavy atom. The Morgan fingerprint density at radius 3 is 1.44 bits per heavy atom. The molecule has 25 heavy (non-hydrogen) atoms. The van der Waals surface area contributed by atoms with Gasteiger partial charge in [0, 0.05) is 11.1 Å². The third kappa shape index (κ3) is 3.56. The van der Waals surface area contributed by atoms with Gasteiger partial charge in [0.15, 0.2) is 0 Å². The normalized spacial score (nSPS) is 11.5. The van der Waals surface area contributed by atoms with Crippen molar-refractivity contribution in [3.63, 3.8) is 0 Å². The number of benzene rings is 3. The average Bonchev–Trinajstić information content (AvgIpc) is 2.69. The van der Waals surface area contributed by atoms with Crippen LogP contribution in [-0.4, -0.2) is 16.7 Å². The van der Waals surface area contributed by atoms with Crippen LogP contribution in [0.25, 0.3) is 11.3 Å². The number of rotatable bonds is 5. The Morgan fingerprint density at radius 1 is 0.560 bits per heavy atom. The predicted molar refractivity (Wildman–Crippen MR) is 98.1 cm³/mol. The minimum Gasteiger partial charge on any atom is -0.507 e. The predicted octanol–water partition coefficient (Wildman–Crippen LogP) is 4.56. The topological polar surface area (TPSA) is 54.4 Å². The standard InChI is InChI=1S/C22H16O3/c23-20(17-12-6-2-7-13-17)19(16-10-4-1-5-11-16)22(25)21(24)18-14-8-3-9-15-18/h1-15,23H/b20-19-. The first kappa shape index (κ1) is 16.4. The smallest absolute Gasteiger partial charge is 0.237 e. The van der Waals surface area contributed by atoms with Gasteiger partial charge in [0.2, 0.25) is 11.6 Å². The molecule has 0 aliphatic carbocycles. The SMILES string of the molecule is O=C(C(=O)c1ccccc1)/C(=C(\O)c1ccccc1)c1ccccc1. The molecule has 0 atom stereocenters. The van der Waals surface area contributed by atoms with Crippen molar-refractivity contribution in [2.75, 3.05) is 0 Å². The van der Waals surface area contributed by atoms with Crippen LogP contribution in [-0.2, 0) is 4.79 Å². The van der Waals surface area contributed by atoms with Crippen molar-refractivity contribution < 1.29 is 14.7 Å². The summed E-state index contributed by atoms with van der Waals surface area (Å²) in [6, 6.07) is 25.8. The first-order valence-electron chi connectivity index (χ1n) is 7.86. The molecule has 0 fully saturated rings. The molecule has 0 saturated carbocycles. The lowest BCUT2D eigenvalue weighted by Crippen LogP contribution is -2.17. The molecule has 122 valence electrons. The van der Waals surface area contributed by atoms with E-state index in [4.69, 9.17) is 0 Å². The van der Waals surface area contributed by atoms with Crippen molar-refractivity contribution in [2.24, 2.45) is 0 Å². The first-order chi connectivity index (χ1) is 12.2. The highest BCUT2D eigenvalue weighted by Crippen LogP contribution is 2.26. The molecule has 0 saturated heterocycles. The largest absolute Gasteiger partial charge is 0.507 e. The van der Waals surface area contributed by atoms with E-state index in [0.717, 1.165) is 0 Å². The molecule has 3 aromatic rings. The van der Waals surface area contributed by atoms with Gasteiger partial charge in [0.05, 0.1) is 5.57 Å². The molecule has 3 rings (SSSR count). The zero-order valence-electron chi connectivity index (χ0n) is 13.4. The highest BCUT2D eigenvalue weighted by molar-refractivity contribution is 6.59. The van der Waals surface area contributed by atoms with Gasteiger partial charge in [-0.1, -0.05) is 91.0 Å². The molecule has 0 aliphatic rings. The fraction of sp³-hybridized carbons (Fsp3) is 0. The second-order valence-electron chi connectivity index (χ2n) is 5.48. The number of ketones is 2. The maximum Gasteiger partial charge on any atom is 0.237 e. The number of hydrogen-bond donors (Lipinski definition) is 1. The van der Waals surface area contributed by atoms with Crippen molar-refractivity contribution in [1.82, 2.24) is 0 Å². The fourth-order valence-corrected chi connectivity index (χ4v) is 2.55. The van der Waals surface area contributed by atoms with Crippen LogP contribution in [0.3, 0.4) is 0 Å². The molecule has 0 radical (unpaired) electrons. The summed E-state index contributed by atoms with van der Waals surface area (Å²) in [7, 11) is 0. The van der Waals surface area contributed by atoms with Crippen molar-refractivity contribution in [2.45, 2.75) is 0 Å². The summed E-state index contributed by atoms with van der Waals surface area (Å²) in [6.07, 6.45) is 0. The van der Waals surface area contributed by atoms with Crippen LogP contribution >= 0.6 is 0 Å². The quantitative estimate of drug-likeness (QED) is 0.245. The van der Waals surface area contributed by atoms with Gasteiger partial charge in [-0.3, -0.25) is 9.59 Å². The van der Waals surface area contributed by atoms with Gasteiger partial charge in [-0.25, -0.2) is 0 Å². The zero-order chi connectivity index (χ0) is 17.6. The average molecular weight is 328 g/mol. The number of carbonyl (C=O) groups is 2. The zero-order valence-corrected chi connectivity index (χ0v) is 13.4. The number of aliphatic hydroxyl groups is 1. The summed E-state index contributed by atoms with van der Waals surface area (Å²) in [5, 5.41) is 10.7. The molecule has 0 bridgehead atoms. The van der Waals surface area contributed by atoms with E-state index in [-0.39, 0.29) is 11.3 Å². The van der Waals surface area contributed by atoms with E-state index in [1.54, 1.807) is 78.9 Å². The van der Waals surface area contributed by atoms with Gasteiger partial charge < -0.3 is 5.11 Å². The van der Waals surface area contributed by atoms with Gasteiger partial charge in [0.1, 0.15) is 5.76 Å². The number of hydrogen-bond acceptors (Lipinski definition) is 3. The van der Waals surface area contributed by atoms with Crippen molar-refractivity contribution in [1.29, 1.82) is 0 Å². The minimum atomic E-state index is -0.737. The molecule has 3 nitrogen and oxygen atoms in total. The van der Waals surface area contributed by atoms with Gasteiger partial charge in [-0.05, 0) is 5.56 Å². The Bertz CT molecular complexity index is 911. The molecule has 0 unspecified atom stereocenters. The maximum atomic E-state index is 12.9. The van der Waals surface area contributed by atoms with E-state index >= 15 is 0 Å². The van der Waals surface area contributed by atoms with E-state index < -0.39 is 11.6 Å². The number of aliphatic hydroxyl groups excluding tert-OH is 1. The molecule has 0 aromatic heterocycles. The fourth-order valence-electron chi connectivity index (χ4n) is 2.55.